The lowest BCUT2D eigenvalue weighted by Crippen LogP contribution is -2.45. The molecule has 0 aliphatic heterocycles. The maximum Gasteiger partial charge on any atom is 0.0908 e. The van der Waals surface area contributed by atoms with Gasteiger partial charge in [0.05, 0.1) is 11.7 Å². The Morgan fingerprint density at radius 2 is 1.83 bits per heavy atom. The molecule has 1 atom stereocenters. The molecule has 1 unspecified atom stereocenters. The Kier molecular flexibility index (Phi) is 4.08. The maximum absolute atomic E-state index is 10.5. The number of aliphatic hydroxyl groups is 2. The molecule has 2 nitrogen and oxygen atoms in total. The van der Waals surface area contributed by atoms with Gasteiger partial charge in [-0.2, -0.15) is 0 Å². The quantitative estimate of drug-likeness (QED) is 0.863. The van der Waals surface area contributed by atoms with Crippen molar-refractivity contribution in [3.8, 4) is 0 Å². The highest BCUT2D eigenvalue weighted by atomic mass is 16.3. The molecule has 0 heterocycles. The van der Waals surface area contributed by atoms with Crippen LogP contribution in [0.25, 0.3) is 0 Å². The third kappa shape index (κ3) is 2.93. The summed E-state index contributed by atoms with van der Waals surface area (Å²) in [5.41, 5.74) is 2.69. The van der Waals surface area contributed by atoms with Crippen molar-refractivity contribution in [3.05, 3.63) is 34.9 Å². The van der Waals surface area contributed by atoms with Crippen LogP contribution in [-0.2, 0) is 6.42 Å². The highest BCUT2D eigenvalue weighted by Gasteiger charge is 2.36. The summed E-state index contributed by atoms with van der Waals surface area (Å²) in [4.78, 5) is 0. The van der Waals surface area contributed by atoms with Crippen LogP contribution in [0.5, 0.6) is 0 Å². The van der Waals surface area contributed by atoms with E-state index in [1.807, 2.05) is 0 Å². The number of hydrogen-bond donors (Lipinski definition) is 2. The van der Waals surface area contributed by atoms with Crippen LogP contribution in [0, 0.1) is 13.8 Å². The third-order valence-corrected chi connectivity index (χ3v) is 4.26. The average molecular weight is 248 g/mol. The molecule has 2 rings (SSSR count). The van der Waals surface area contributed by atoms with E-state index in [1.54, 1.807) is 0 Å². The second kappa shape index (κ2) is 5.41. The van der Waals surface area contributed by atoms with Gasteiger partial charge in [0.15, 0.2) is 0 Å². The highest BCUT2D eigenvalue weighted by molar-refractivity contribution is 5.31. The van der Waals surface area contributed by atoms with Gasteiger partial charge >= 0.3 is 0 Å². The van der Waals surface area contributed by atoms with E-state index in [2.05, 4.69) is 32.0 Å². The van der Waals surface area contributed by atoms with Crippen LogP contribution in [-0.4, -0.2) is 21.9 Å². The first-order valence-electron chi connectivity index (χ1n) is 6.98. The molecule has 1 saturated carbocycles. The van der Waals surface area contributed by atoms with Gasteiger partial charge in [-0.1, -0.05) is 43.0 Å². The monoisotopic (exact) mass is 248 g/mol. The summed E-state index contributed by atoms with van der Waals surface area (Å²) in [5, 5.41) is 20.9. The molecule has 2 N–H and O–H groups in total. The Balaban J connectivity index is 2.10. The first-order valence-corrected chi connectivity index (χ1v) is 6.98. The minimum Gasteiger partial charge on any atom is -0.390 e. The third-order valence-electron chi connectivity index (χ3n) is 4.26. The van der Waals surface area contributed by atoms with E-state index in [0.29, 0.717) is 6.42 Å². The van der Waals surface area contributed by atoms with Crippen molar-refractivity contribution in [3.63, 3.8) is 0 Å². The van der Waals surface area contributed by atoms with Gasteiger partial charge in [0, 0.05) is 6.42 Å². The summed E-state index contributed by atoms with van der Waals surface area (Å²) in [7, 11) is 0. The Morgan fingerprint density at radius 3 is 2.50 bits per heavy atom. The van der Waals surface area contributed by atoms with Gasteiger partial charge in [-0.05, 0) is 37.8 Å². The smallest absolute Gasteiger partial charge is 0.0908 e. The van der Waals surface area contributed by atoms with Crippen molar-refractivity contribution in [2.45, 2.75) is 64.1 Å². The number of aryl methyl sites for hydroxylation is 2. The Bertz CT molecular complexity index is 406. The van der Waals surface area contributed by atoms with E-state index >= 15 is 0 Å². The molecular formula is C16H24O2. The Labute approximate surface area is 110 Å². The van der Waals surface area contributed by atoms with E-state index in [4.69, 9.17) is 0 Å². The van der Waals surface area contributed by atoms with Crippen LogP contribution in [0.1, 0.15) is 48.8 Å². The van der Waals surface area contributed by atoms with E-state index in [9.17, 15) is 10.2 Å². The summed E-state index contributed by atoms with van der Waals surface area (Å²) in [5.74, 6) is 0. The molecule has 0 aromatic heterocycles. The van der Waals surface area contributed by atoms with Crippen molar-refractivity contribution >= 4 is 0 Å². The van der Waals surface area contributed by atoms with Crippen molar-refractivity contribution in [2.24, 2.45) is 0 Å². The topological polar surface area (TPSA) is 40.5 Å². The molecule has 0 amide bonds. The van der Waals surface area contributed by atoms with Crippen molar-refractivity contribution in [1.29, 1.82) is 0 Å². The summed E-state index contributed by atoms with van der Waals surface area (Å²) in [6.07, 6.45) is 4.62. The maximum atomic E-state index is 10.5. The zero-order valence-corrected chi connectivity index (χ0v) is 11.4. The molecule has 0 bridgehead atoms. The molecule has 0 radical (unpaired) electrons. The van der Waals surface area contributed by atoms with Gasteiger partial charge in [0.25, 0.3) is 0 Å². The largest absolute Gasteiger partial charge is 0.390 e. The summed E-state index contributed by atoms with van der Waals surface area (Å²) >= 11 is 0. The van der Waals surface area contributed by atoms with Crippen LogP contribution in [0.4, 0.5) is 0 Å². The summed E-state index contributed by atoms with van der Waals surface area (Å²) < 4.78 is 0. The predicted molar refractivity (Wildman–Crippen MR) is 73.7 cm³/mol. The van der Waals surface area contributed by atoms with E-state index in [-0.39, 0.29) is 0 Å². The molecule has 100 valence electrons. The van der Waals surface area contributed by atoms with E-state index in [0.717, 1.165) is 31.2 Å². The number of benzene rings is 1. The molecule has 2 heteroatoms. The lowest BCUT2D eigenvalue weighted by Gasteiger charge is -2.36. The molecule has 0 saturated heterocycles. The van der Waals surface area contributed by atoms with Crippen LogP contribution < -0.4 is 0 Å². The molecule has 1 aliphatic carbocycles. The standard InChI is InChI=1S/C16H24O2/c1-12-6-7-13(2)14(10-12)11-15(17)16(18)8-4-3-5-9-16/h6-7,10,15,17-18H,3-5,8-9,11H2,1-2H3. The molecule has 0 spiro atoms. The average Bonchev–Trinajstić information content (AvgIpc) is 2.35. The van der Waals surface area contributed by atoms with Gasteiger partial charge in [-0.3, -0.25) is 0 Å². The number of aliphatic hydroxyl groups excluding tert-OH is 1. The molecule has 1 aromatic rings. The van der Waals surface area contributed by atoms with Crippen LogP contribution >= 0.6 is 0 Å². The summed E-state index contributed by atoms with van der Waals surface area (Å²) in [6.45, 7) is 4.12. The van der Waals surface area contributed by atoms with Crippen LogP contribution in [0.2, 0.25) is 0 Å². The molecule has 18 heavy (non-hydrogen) atoms. The molecule has 1 aromatic carbocycles. The van der Waals surface area contributed by atoms with Gasteiger partial charge < -0.3 is 10.2 Å². The first-order chi connectivity index (χ1) is 8.51. The molecule has 1 fully saturated rings. The van der Waals surface area contributed by atoms with E-state index in [1.165, 1.54) is 17.5 Å². The zero-order valence-electron chi connectivity index (χ0n) is 11.4. The van der Waals surface area contributed by atoms with Gasteiger partial charge in [-0.25, -0.2) is 0 Å². The van der Waals surface area contributed by atoms with Crippen molar-refractivity contribution < 1.29 is 10.2 Å². The van der Waals surface area contributed by atoms with Crippen LogP contribution in [0.3, 0.4) is 0 Å². The fourth-order valence-electron chi connectivity index (χ4n) is 2.92. The number of rotatable bonds is 3. The summed E-state index contributed by atoms with van der Waals surface area (Å²) in [6, 6.07) is 6.29. The minimum absolute atomic E-state index is 0.560. The Morgan fingerprint density at radius 1 is 1.17 bits per heavy atom. The second-order valence-electron chi connectivity index (χ2n) is 5.81. The SMILES string of the molecule is Cc1ccc(C)c(CC(O)C2(O)CCCCC2)c1. The van der Waals surface area contributed by atoms with Gasteiger partial charge in [0.1, 0.15) is 0 Å². The first kappa shape index (κ1) is 13.6. The van der Waals surface area contributed by atoms with Gasteiger partial charge in [0.2, 0.25) is 0 Å². The fraction of sp³-hybridized carbons (Fsp3) is 0.625. The van der Waals surface area contributed by atoms with Gasteiger partial charge in [-0.15, -0.1) is 0 Å². The predicted octanol–water partition coefficient (Wildman–Crippen LogP) is 2.90. The zero-order chi connectivity index (χ0) is 13.2. The van der Waals surface area contributed by atoms with Crippen LogP contribution in [0.15, 0.2) is 18.2 Å². The lowest BCUT2D eigenvalue weighted by molar-refractivity contribution is -0.0961. The molecule has 1 aliphatic rings. The number of hydrogen-bond acceptors (Lipinski definition) is 2. The highest BCUT2D eigenvalue weighted by Crippen LogP contribution is 2.32. The fourth-order valence-corrected chi connectivity index (χ4v) is 2.92. The minimum atomic E-state index is -0.867. The molecular weight excluding hydrogens is 224 g/mol. The normalized spacial score (nSPS) is 20.7. The Hall–Kier alpha value is -0.860. The van der Waals surface area contributed by atoms with Crippen molar-refractivity contribution in [2.75, 3.05) is 0 Å². The second-order valence-corrected chi connectivity index (χ2v) is 5.81. The van der Waals surface area contributed by atoms with Crippen molar-refractivity contribution in [1.82, 2.24) is 0 Å². The van der Waals surface area contributed by atoms with E-state index < -0.39 is 11.7 Å². The lowest BCUT2D eigenvalue weighted by atomic mass is 9.78.